The molecule has 2 atom stereocenters. The largest absolute Gasteiger partial charge is 0.344 e. The lowest BCUT2D eigenvalue weighted by atomic mass is 9.97. The van der Waals surface area contributed by atoms with Gasteiger partial charge in [0.1, 0.15) is 0 Å². The maximum atomic E-state index is 4.51. The molecule has 0 aromatic carbocycles. The van der Waals surface area contributed by atoms with Gasteiger partial charge in [-0.05, 0) is 25.3 Å². The number of fused-ring (bicyclic) bond motifs is 1. The summed E-state index contributed by atoms with van der Waals surface area (Å²) in [5.74, 6) is 0. The predicted molar refractivity (Wildman–Crippen MR) is 55.1 cm³/mol. The zero-order valence-corrected chi connectivity index (χ0v) is 8.56. The lowest BCUT2D eigenvalue weighted by molar-refractivity contribution is 0.246. The summed E-state index contributed by atoms with van der Waals surface area (Å²) in [7, 11) is 0. The molecule has 12 heavy (non-hydrogen) atoms. The molecule has 2 rings (SSSR count). The van der Waals surface area contributed by atoms with Crippen LogP contribution in [0.5, 0.6) is 0 Å². The maximum Gasteiger partial charge on any atom is 0.0624 e. The summed E-state index contributed by atoms with van der Waals surface area (Å²) in [6.07, 6.45) is 2.38. The van der Waals surface area contributed by atoms with Crippen molar-refractivity contribution in [2.45, 2.75) is 38.0 Å². The molecule has 0 amide bonds. The number of rotatable bonds is 1. The van der Waals surface area contributed by atoms with Gasteiger partial charge in [-0.3, -0.25) is 0 Å². The Balaban J connectivity index is 2.24. The molecule has 66 valence electrons. The molecule has 2 unspecified atom stereocenters. The summed E-state index contributed by atoms with van der Waals surface area (Å²) in [5, 5.41) is 0.406. The lowest BCUT2D eigenvalue weighted by Gasteiger charge is -2.46. The van der Waals surface area contributed by atoms with E-state index in [2.05, 4.69) is 38.0 Å². The van der Waals surface area contributed by atoms with Crippen molar-refractivity contribution >= 4 is 12.6 Å². The van der Waals surface area contributed by atoms with Gasteiger partial charge in [0.2, 0.25) is 0 Å². The van der Waals surface area contributed by atoms with E-state index in [0.717, 1.165) is 0 Å². The predicted octanol–water partition coefficient (Wildman–Crippen LogP) is 2.57. The average Bonchev–Trinajstić information content (AvgIpc) is 2.38. The van der Waals surface area contributed by atoms with Crippen LogP contribution in [-0.4, -0.2) is 16.2 Å². The molecule has 0 radical (unpaired) electrons. The Morgan fingerprint density at radius 2 is 2.33 bits per heavy atom. The number of thiol groups is 1. The van der Waals surface area contributed by atoms with Crippen LogP contribution < -0.4 is 0 Å². The molecule has 1 saturated heterocycles. The highest BCUT2D eigenvalue weighted by atomic mass is 32.1. The molecule has 0 aromatic rings. The van der Waals surface area contributed by atoms with Crippen LogP contribution in [0.4, 0.5) is 0 Å². The maximum absolute atomic E-state index is 4.51. The van der Waals surface area contributed by atoms with Gasteiger partial charge in [0.05, 0.1) is 11.3 Å². The van der Waals surface area contributed by atoms with Crippen LogP contribution in [-0.2, 0) is 0 Å². The van der Waals surface area contributed by atoms with Crippen LogP contribution >= 0.6 is 12.6 Å². The Morgan fingerprint density at radius 3 is 2.83 bits per heavy atom. The van der Waals surface area contributed by atoms with E-state index in [9.17, 15) is 0 Å². The van der Waals surface area contributed by atoms with E-state index in [-0.39, 0.29) is 0 Å². The van der Waals surface area contributed by atoms with Crippen molar-refractivity contribution in [3.63, 3.8) is 0 Å². The first-order valence-corrected chi connectivity index (χ1v) is 5.03. The second kappa shape index (κ2) is 2.56. The molecular weight excluding hydrogens is 166 g/mol. The van der Waals surface area contributed by atoms with Crippen molar-refractivity contribution in [3.05, 3.63) is 23.5 Å². The first-order chi connectivity index (χ1) is 5.66. The van der Waals surface area contributed by atoms with E-state index in [1.54, 1.807) is 5.57 Å². The molecule has 0 bridgehead atoms. The zero-order chi connectivity index (χ0) is 8.88. The third-order valence-corrected chi connectivity index (χ3v) is 3.74. The molecule has 0 spiro atoms. The van der Waals surface area contributed by atoms with Gasteiger partial charge in [-0.2, -0.15) is 12.6 Å². The number of hydrogen-bond donors (Lipinski definition) is 1. The second-order valence-corrected chi connectivity index (χ2v) is 4.18. The molecule has 1 nitrogen and oxygen atoms in total. The van der Waals surface area contributed by atoms with Gasteiger partial charge in [-0.15, -0.1) is 0 Å². The fourth-order valence-electron chi connectivity index (χ4n) is 2.27. The quantitative estimate of drug-likeness (QED) is 0.608. The van der Waals surface area contributed by atoms with Gasteiger partial charge in [-0.25, -0.2) is 0 Å². The van der Waals surface area contributed by atoms with Crippen LogP contribution in [0.1, 0.15) is 26.7 Å². The van der Waals surface area contributed by atoms with Crippen LogP contribution in [0.25, 0.3) is 0 Å². The summed E-state index contributed by atoms with van der Waals surface area (Å²) in [4.78, 5) is 2.34. The van der Waals surface area contributed by atoms with Gasteiger partial charge in [0.25, 0.3) is 0 Å². The summed E-state index contributed by atoms with van der Waals surface area (Å²) >= 11 is 4.51. The third kappa shape index (κ3) is 0.817. The average molecular weight is 181 g/mol. The summed E-state index contributed by atoms with van der Waals surface area (Å²) < 4.78 is 0. The molecular formula is C10H15NS. The Hall–Kier alpha value is -0.370. The highest BCUT2D eigenvalue weighted by molar-refractivity contribution is 7.81. The van der Waals surface area contributed by atoms with Crippen LogP contribution in [0.2, 0.25) is 0 Å². The van der Waals surface area contributed by atoms with E-state index in [1.807, 2.05) is 0 Å². The van der Waals surface area contributed by atoms with Gasteiger partial charge in [-0.1, -0.05) is 13.5 Å². The number of nitrogens with zero attached hydrogens (tertiary/aromatic N) is 1. The topological polar surface area (TPSA) is 3.24 Å². The normalized spacial score (nSPS) is 33.9. The first-order valence-electron chi connectivity index (χ1n) is 4.51. The third-order valence-electron chi connectivity index (χ3n) is 3.10. The highest BCUT2D eigenvalue weighted by Gasteiger charge is 2.45. The van der Waals surface area contributed by atoms with Crippen molar-refractivity contribution in [2.24, 2.45) is 0 Å². The molecule has 0 saturated carbocycles. The molecule has 1 fully saturated rings. The van der Waals surface area contributed by atoms with Crippen molar-refractivity contribution in [3.8, 4) is 0 Å². The molecule has 0 N–H and O–H groups in total. The van der Waals surface area contributed by atoms with E-state index >= 15 is 0 Å². The number of allylic oxidation sites excluding steroid dienone is 1. The smallest absolute Gasteiger partial charge is 0.0624 e. The fraction of sp³-hybridized carbons (Fsp3) is 0.600. The monoisotopic (exact) mass is 181 g/mol. The van der Waals surface area contributed by atoms with Crippen LogP contribution in [0, 0.1) is 0 Å². The SMILES string of the molecule is C=C1C(S)C2CC(CC)=C(C)N12. The zero-order valence-electron chi connectivity index (χ0n) is 7.67. The molecule has 2 heteroatoms. The molecule has 0 aromatic heterocycles. The van der Waals surface area contributed by atoms with Gasteiger partial charge < -0.3 is 4.90 Å². The molecule has 0 aliphatic carbocycles. The minimum atomic E-state index is 0.406. The lowest BCUT2D eigenvalue weighted by Crippen LogP contribution is -2.50. The highest BCUT2D eigenvalue weighted by Crippen LogP contribution is 2.46. The fourth-order valence-corrected chi connectivity index (χ4v) is 2.64. The molecule has 2 aliphatic heterocycles. The summed E-state index contributed by atoms with van der Waals surface area (Å²) in [6, 6.07) is 0.621. The van der Waals surface area contributed by atoms with E-state index in [1.165, 1.54) is 24.2 Å². The second-order valence-electron chi connectivity index (χ2n) is 3.62. The summed E-state index contributed by atoms with van der Waals surface area (Å²) in [6.45, 7) is 8.44. The van der Waals surface area contributed by atoms with E-state index in [0.29, 0.717) is 11.3 Å². The Labute approximate surface area is 79.5 Å². The minimum absolute atomic E-state index is 0.406. The molecule has 2 heterocycles. The molecule has 2 aliphatic rings. The Kier molecular flexibility index (Phi) is 1.76. The van der Waals surface area contributed by atoms with Gasteiger partial charge in [0, 0.05) is 11.4 Å². The Morgan fingerprint density at radius 1 is 1.67 bits per heavy atom. The van der Waals surface area contributed by atoms with E-state index < -0.39 is 0 Å². The van der Waals surface area contributed by atoms with Gasteiger partial charge in [0.15, 0.2) is 0 Å². The first kappa shape index (κ1) is 8.24. The van der Waals surface area contributed by atoms with Gasteiger partial charge >= 0.3 is 0 Å². The van der Waals surface area contributed by atoms with Crippen molar-refractivity contribution in [1.82, 2.24) is 4.90 Å². The summed E-state index contributed by atoms with van der Waals surface area (Å²) in [5.41, 5.74) is 4.19. The van der Waals surface area contributed by atoms with Crippen molar-refractivity contribution in [1.29, 1.82) is 0 Å². The van der Waals surface area contributed by atoms with Crippen LogP contribution in [0.3, 0.4) is 0 Å². The van der Waals surface area contributed by atoms with Crippen molar-refractivity contribution < 1.29 is 0 Å². The number of hydrogen-bond acceptors (Lipinski definition) is 2. The Bertz CT molecular complexity index is 267. The van der Waals surface area contributed by atoms with Crippen molar-refractivity contribution in [2.75, 3.05) is 0 Å². The van der Waals surface area contributed by atoms with E-state index in [4.69, 9.17) is 0 Å². The minimum Gasteiger partial charge on any atom is -0.344 e. The standard InChI is InChI=1S/C10H15NS/c1-4-8-5-9-10(12)7(3)11(9)6(8)2/h9-10,12H,3-5H2,1-2H3. The van der Waals surface area contributed by atoms with Crippen LogP contribution in [0.15, 0.2) is 23.5 Å².